The number of hydrogen-bond acceptors (Lipinski definition) is 7. The standard InChI is InChI=1S/C28H27F2N7O3/c1-2-40-18-12-19(25-20-14-32-34-26(20)35-37(25)15-18)17-6-7-23(31-13-17)36-10-8-28(16-38,9-11-36)33-27(39)24-21(29)4-3-5-22(24)30/h3-7,12-15,38H,2,8-11,16H2,1H3,(H,33,39)(H,34,35). The normalized spacial score (nSPS) is 15.1. The fourth-order valence-electron chi connectivity index (χ4n) is 5.24. The van der Waals surface area contributed by atoms with Crippen molar-refractivity contribution in [3.8, 4) is 16.9 Å². The van der Waals surface area contributed by atoms with E-state index >= 15 is 0 Å². The van der Waals surface area contributed by atoms with Gasteiger partial charge in [0.2, 0.25) is 0 Å². The number of pyridine rings is 2. The molecule has 1 amide bonds. The zero-order chi connectivity index (χ0) is 27.9. The average molecular weight is 548 g/mol. The smallest absolute Gasteiger partial charge is 0.257 e. The van der Waals surface area contributed by atoms with E-state index in [0.29, 0.717) is 43.9 Å². The molecular formula is C28H27F2N7O3. The number of halogens is 2. The molecule has 1 fully saturated rings. The van der Waals surface area contributed by atoms with Crippen LogP contribution in [-0.4, -0.2) is 67.7 Å². The molecule has 0 aliphatic carbocycles. The van der Waals surface area contributed by atoms with Crippen LogP contribution in [0.2, 0.25) is 0 Å². The molecule has 1 aromatic carbocycles. The Labute approximate surface area is 227 Å². The van der Waals surface area contributed by atoms with Crippen molar-refractivity contribution in [2.75, 3.05) is 31.2 Å². The zero-order valence-electron chi connectivity index (χ0n) is 21.7. The van der Waals surface area contributed by atoms with E-state index in [0.717, 1.165) is 40.0 Å². The SMILES string of the molecule is CCOc1cc(-c2ccc(N3CCC(CO)(NC(=O)c4c(F)cccc4F)CC3)nc2)c2c3cn[nH]c3nn2c1. The lowest BCUT2D eigenvalue weighted by Crippen LogP contribution is -2.58. The van der Waals surface area contributed by atoms with Gasteiger partial charge >= 0.3 is 0 Å². The van der Waals surface area contributed by atoms with Gasteiger partial charge in [-0.3, -0.25) is 9.89 Å². The van der Waals surface area contributed by atoms with Crippen molar-refractivity contribution < 1.29 is 23.4 Å². The summed E-state index contributed by atoms with van der Waals surface area (Å²) in [6.45, 7) is 3.05. The molecule has 1 aliphatic heterocycles. The number of fused-ring (bicyclic) bond motifs is 3. The molecule has 10 nitrogen and oxygen atoms in total. The molecule has 0 atom stereocenters. The van der Waals surface area contributed by atoms with Crippen LogP contribution in [0, 0.1) is 11.6 Å². The number of ether oxygens (including phenoxy) is 1. The number of H-pyrrole nitrogens is 1. The summed E-state index contributed by atoms with van der Waals surface area (Å²) in [5.74, 6) is -1.35. The number of aromatic amines is 1. The Kier molecular flexibility index (Phi) is 6.54. The molecular weight excluding hydrogens is 520 g/mol. The number of aromatic nitrogens is 5. The predicted octanol–water partition coefficient (Wildman–Crippen LogP) is 3.71. The Morgan fingerprint density at radius 2 is 1.95 bits per heavy atom. The maximum absolute atomic E-state index is 14.1. The van der Waals surface area contributed by atoms with E-state index in [9.17, 15) is 18.7 Å². The molecule has 12 heteroatoms. The summed E-state index contributed by atoms with van der Waals surface area (Å²) in [5.41, 5.74) is 1.68. The molecule has 0 spiro atoms. The van der Waals surface area contributed by atoms with Gasteiger partial charge in [0.1, 0.15) is 28.8 Å². The van der Waals surface area contributed by atoms with E-state index in [1.165, 1.54) is 6.07 Å². The summed E-state index contributed by atoms with van der Waals surface area (Å²) < 4.78 is 35.8. The summed E-state index contributed by atoms with van der Waals surface area (Å²) in [4.78, 5) is 19.4. The molecule has 0 unspecified atom stereocenters. The lowest BCUT2D eigenvalue weighted by Gasteiger charge is -2.41. The van der Waals surface area contributed by atoms with Crippen molar-refractivity contribution >= 4 is 28.3 Å². The first kappa shape index (κ1) is 25.7. The van der Waals surface area contributed by atoms with Crippen molar-refractivity contribution in [2.45, 2.75) is 25.3 Å². The number of benzene rings is 1. The molecule has 1 aliphatic rings. The number of piperidine rings is 1. The van der Waals surface area contributed by atoms with Gasteiger partial charge in [-0.15, -0.1) is 5.10 Å². The Morgan fingerprint density at radius 3 is 2.62 bits per heavy atom. The second-order valence-electron chi connectivity index (χ2n) is 9.83. The van der Waals surface area contributed by atoms with Crippen LogP contribution in [0.1, 0.15) is 30.1 Å². The van der Waals surface area contributed by atoms with Gasteiger partial charge < -0.3 is 20.1 Å². The molecule has 5 aromatic rings. The Hall–Kier alpha value is -4.58. The molecule has 5 heterocycles. The highest BCUT2D eigenvalue weighted by Crippen LogP contribution is 2.34. The highest BCUT2D eigenvalue weighted by molar-refractivity contribution is 6.01. The van der Waals surface area contributed by atoms with Crippen LogP contribution >= 0.6 is 0 Å². The van der Waals surface area contributed by atoms with Crippen molar-refractivity contribution in [3.05, 3.63) is 72.2 Å². The van der Waals surface area contributed by atoms with Gasteiger partial charge in [-0.2, -0.15) is 5.10 Å². The minimum absolute atomic E-state index is 0.352. The van der Waals surface area contributed by atoms with E-state index in [-0.39, 0.29) is 6.61 Å². The van der Waals surface area contributed by atoms with E-state index in [1.807, 2.05) is 36.2 Å². The highest BCUT2D eigenvalue weighted by Gasteiger charge is 2.37. The lowest BCUT2D eigenvalue weighted by atomic mass is 9.87. The summed E-state index contributed by atoms with van der Waals surface area (Å²) in [5, 5.41) is 25.3. The number of carbonyl (C=O) groups excluding carboxylic acids is 1. The van der Waals surface area contributed by atoms with Crippen LogP contribution in [0.3, 0.4) is 0 Å². The third kappa shape index (κ3) is 4.49. The Balaban J connectivity index is 1.21. The first-order valence-electron chi connectivity index (χ1n) is 13.0. The van der Waals surface area contributed by atoms with Crippen molar-refractivity contribution in [2.24, 2.45) is 0 Å². The molecule has 40 heavy (non-hydrogen) atoms. The van der Waals surface area contributed by atoms with E-state index in [1.54, 1.807) is 16.9 Å². The third-order valence-electron chi connectivity index (χ3n) is 7.39. The van der Waals surface area contributed by atoms with Crippen LogP contribution < -0.4 is 15.0 Å². The Morgan fingerprint density at radius 1 is 1.18 bits per heavy atom. The first-order valence-corrected chi connectivity index (χ1v) is 13.0. The van der Waals surface area contributed by atoms with Gasteiger partial charge in [0.05, 0.1) is 42.0 Å². The number of carbonyl (C=O) groups is 1. The predicted molar refractivity (Wildman–Crippen MR) is 144 cm³/mol. The fourth-order valence-corrected chi connectivity index (χ4v) is 5.24. The second-order valence-corrected chi connectivity index (χ2v) is 9.83. The summed E-state index contributed by atoms with van der Waals surface area (Å²) in [7, 11) is 0. The number of aliphatic hydroxyl groups excluding tert-OH is 1. The number of aliphatic hydroxyl groups is 1. The van der Waals surface area contributed by atoms with Gasteiger partial charge in [-0.1, -0.05) is 6.07 Å². The van der Waals surface area contributed by atoms with Gasteiger partial charge in [0.15, 0.2) is 5.65 Å². The maximum atomic E-state index is 14.1. The fraction of sp³-hybridized carbons (Fsp3) is 0.286. The van der Waals surface area contributed by atoms with Crippen molar-refractivity contribution in [3.63, 3.8) is 0 Å². The number of nitrogens with one attached hydrogen (secondary N) is 2. The largest absolute Gasteiger partial charge is 0.492 e. The lowest BCUT2D eigenvalue weighted by molar-refractivity contribution is 0.0779. The molecule has 0 saturated carbocycles. The van der Waals surface area contributed by atoms with Gasteiger partial charge in [0, 0.05) is 30.4 Å². The maximum Gasteiger partial charge on any atom is 0.257 e. The molecule has 1 saturated heterocycles. The summed E-state index contributed by atoms with van der Waals surface area (Å²) in [6.07, 6.45) is 6.11. The molecule has 4 aromatic heterocycles. The van der Waals surface area contributed by atoms with Crippen LogP contribution in [0.5, 0.6) is 5.75 Å². The van der Waals surface area contributed by atoms with E-state index in [2.05, 4.69) is 20.6 Å². The summed E-state index contributed by atoms with van der Waals surface area (Å²) in [6, 6.07) is 9.12. The van der Waals surface area contributed by atoms with Gasteiger partial charge in [0.25, 0.3) is 5.91 Å². The number of hydrogen-bond donors (Lipinski definition) is 3. The van der Waals surface area contributed by atoms with Gasteiger partial charge in [-0.05, 0) is 50.1 Å². The minimum Gasteiger partial charge on any atom is -0.492 e. The quantitative estimate of drug-likeness (QED) is 0.284. The monoisotopic (exact) mass is 547 g/mol. The number of amides is 1. The minimum atomic E-state index is -0.995. The molecule has 3 N–H and O–H groups in total. The molecule has 206 valence electrons. The highest BCUT2D eigenvalue weighted by atomic mass is 19.1. The third-order valence-corrected chi connectivity index (χ3v) is 7.39. The molecule has 0 bridgehead atoms. The zero-order valence-corrected chi connectivity index (χ0v) is 21.7. The topological polar surface area (TPSA) is 121 Å². The summed E-state index contributed by atoms with van der Waals surface area (Å²) >= 11 is 0. The van der Waals surface area contributed by atoms with Gasteiger partial charge in [-0.25, -0.2) is 18.3 Å². The van der Waals surface area contributed by atoms with E-state index in [4.69, 9.17) is 9.72 Å². The second kappa shape index (κ2) is 10.2. The average Bonchev–Trinajstić information content (AvgIpc) is 3.55. The molecule has 0 radical (unpaired) electrons. The van der Waals surface area contributed by atoms with Crippen molar-refractivity contribution in [1.29, 1.82) is 0 Å². The number of anilines is 1. The number of rotatable bonds is 7. The first-order chi connectivity index (χ1) is 19.4. The Bertz CT molecular complexity index is 1670. The van der Waals surface area contributed by atoms with Crippen LogP contribution in [0.4, 0.5) is 14.6 Å². The van der Waals surface area contributed by atoms with Crippen molar-refractivity contribution in [1.82, 2.24) is 30.1 Å². The number of nitrogens with zero attached hydrogens (tertiary/aromatic N) is 5. The van der Waals surface area contributed by atoms with E-state index < -0.39 is 28.6 Å². The van der Waals surface area contributed by atoms with Crippen LogP contribution in [-0.2, 0) is 0 Å². The van der Waals surface area contributed by atoms with Crippen LogP contribution in [0.15, 0.2) is 55.0 Å². The molecule has 6 rings (SSSR count). The van der Waals surface area contributed by atoms with Crippen LogP contribution in [0.25, 0.3) is 27.7 Å².